The zero-order valence-corrected chi connectivity index (χ0v) is 13.8. The van der Waals surface area contributed by atoms with Crippen LogP contribution in [0.2, 0.25) is 0 Å². The van der Waals surface area contributed by atoms with Crippen LogP contribution in [0.15, 0.2) is 53.4 Å². The fourth-order valence-electron chi connectivity index (χ4n) is 2.05. The second-order valence-corrected chi connectivity index (χ2v) is 6.02. The predicted octanol–water partition coefficient (Wildman–Crippen LogP) is 3.45. The standard InChI is InChI=1S/C18H21NO2S/c1-14-5-3-4-6-17(14)22-13-18(20)19-12-11-15-7-9-16(21-2)10-8-15/h3-10H,11-13H2,1-2H3,(H,19,20). The molecule has 22 heavy (non-hydrogen) atoms. The molecular formula is C18H21NO2S. The fraction of sp³-hybridized carbons (Fsp3) is 0.278. The number of carbonyl (C=O) groups is 1. The van der Waals surface area contributed by atoms with E-state index in [9.17, 15) is 4.79 Å². The third kappa shape index (κ3) is 5.11. The SMILES string of the molecule is COc1ccc(CCNC(=O)CSc2ccccc2C)cc1. The minimum Gasteiger partial charge on any atom is -0.497 e. The van der Waals surface area contributed by atoms with Gasteiger partial charge in [-0.05, 0) is 42.7 Å². The Hall–Kier alpha value is -1.94. The van der Waals surface area contributed by atoms with Crippen LogP contribution in [-0.4, -0.2) is 25.3 Å². The zero-order chi connectivity index (χ0) is 15.8. The molecule has 116 valence electrons. The molecule has 1 N–H and O–H groups in total. The summed E-state index contributed by atoms with van der Waals surface area (Å²) in [5, 5.41) is 2.96. The van der Waals surface area contributed by atoms with Crippen LogP contribution < -0.4 is 10.1 Å². The van der Waals surface area contributed by atoms with Gasteiger partial charge in [0, 0.05) is 11.4 Å². The second-order valence-electron chi connectivity index (χ2n) is 5.00. The number of hydrogen-bond donors (Lipinski definition) is 1. The molecule has 0 aromatic heterocycles. The van der Waals surface area contributed by atoms with E-state index in [2.05, 4.69) is 18.3 Å². The molecule has 0 aliphatic heterocycles. The van der Waals surface area contributed by atoms with Crippen LogP contribution in [0.25, 0.3) is 0 Å². The largest absolute Gasteiger partial charge is 0.497 e. The molecule has 0 atom stereocenters. The smallest absolute Gasteiger partial charge is 0.230 e. The minimum atomic E-state index is 0.0711. The van der Waals surface area contributed by atoms with Crippen LogP contribution in [0.1, 0.15) is 11.1 Å². The first-order chi connectivity index (χ1) is 10.7. The third-order valence-electron chi connectivity index (χ3n) is 3.35. The Morgan fingerprint density at radius 1 is 1.14 bits per heavy atom. The van der Waals surface area contributed by atoms with Gasteiger partial charge < -0.3 is 10.1 Å². The molecule has 0 saturated carbocycles. The summed E-state index contributed by atoms with van der Waals surface area (Å²) in [6.07, 6.45) is 0.824. The van der Waals surface area contributed by atoms with E-state index in [-0.39, 0.29) is 5.91 Å². The monoisotopic (exact) mass is 315 g/mol. The summed E-state index contributed by atoms with van der Waals surface area (Å²) >= 11 is 1.58. The van der Waals surface area contributed by atoms with Crippen molar-refractivity contribution < 1.29 is 9.53 Å². The first-order valence-corrected chi connectivity index (χ1v) is 8.25. The van der Waals surface area contributed by atoms with Gasteiger partial charge in [-0.15, -0.1) is 11.8 Å². The highest BCUT2D eigenvalue weighted by molar-refractivity contribution is 8.00. The molecule has 0 fully saturated rings. The molecule has 3 nitrogen and oxygen atoms in total. The number of nitrogens with one attached hydrogen (secondary N) is 1. The molecule has 0 spiro atoms. The van der Waals surface area contributed by atoms with Crippen molar-refractivity contribution in [3.05, 3.63) is 59.7 Å². The van der Waals surface area contributed by atoms with Gasteiger partial charge in [0.05, 0.1) is 12.9 Å². The Morgan fingerprint density at radius 3 is 2.55 bits per heavy atom. The maximum Gasteiger partial charge on any atom is 0.230 e. The zero-order valence-electron chi connectivity index (χ0n) is 13.0. The van der Waals surface area contributed by atoms with E-state index < -0.39 is 0 Å². The van der Waals surface area contributed by atoms with Crippen molar-refractivity contribution in [3.8, 4) is 5.75 Å². The second kappa shape index (κ2) is 8.49. The van der Waals surface area contributed by atoms with Gasteiger partial charge in [-0.3, -0.25) is 4.79 Å². The number of thioether (sulfide) groups is 1. The average Bonchev–Trinajstić information content (AvgIpc) is 2.55. The lowest BCUT2D eigenvalue weighted by atomic mass is 10.1. The molecule has 0 radical (unpaired) electrons. The third-order valence-corrected chi connectivity index (χ3v) is 4.52. The quantitative estimate of drug-likeness (QED) is 0.795. The van der Waals surface area contributed by atoms with Crippen molar-refractivity contribution >= 4 is 17.7 Å². The summed E-state index contributed by atoms with van der Waals surface area (Å²) in [6, 6.07) is 16.0. The number of carbonyl (C=O) groups excluding carboxylic acids is 1. The van der Waals surface area contributed by atoms with Crippen molar-refractivity contribution in [3.63, 3.8) is 0 Å². The molecule has 2 rings (SSSR count). The minimum absolute atomic E-state index is 0.0711. The number of rotatable bonds is 7. The van der Waals surface area contributed by atoms with Crippen LogP contribution in [-0.2, 0) is 11.2 Å². The fourth-order valence-corrected chi connectivity index (χ4v) is 2.91. The van der Waals surface area contributed by atoms with Gasteiger partial charge in [0.25, 0.3) is 0 Å². The summed E-state index contributed by atoms with van der Waals surface area (Å²) in [6.45, 7) is 2.71. The van der Waals surface area contributed by atoms with Gasteiger partial charge in [-0.2, -0.15) is 0 Å². The van der Waals surface area contributed by atoms with Gasteiger partial charge in [0.1, 0.15) is 5.75 Å². The first-order valence-electron chi connectivity index (χ1n) is 7.27. The van der Waals surface area contributed by atoms with Crippen LogP contribution in [0.3, 0.4) is 0 Å². The van der Waals surface area contributed by atoms with Crippen molar-refractivity contribution in [2.75, 3.05) is 19.4 Å². The van der Waals surface area contributed by atoms with Gasteiger partial charge in [-0.1, -0.05) is 30.3 Å². The molecule has 4 heteroatoms. The Labute approximate surface area is 136 Å². The lowest BCUT2D eigenvalue weighted by molar-refractivity contribution is -0.118. The van der Waals surface area contributed by atoms with Gasteiger partial charge in [0.2, 0.25) is 5.91 Å². The molecule has 2 aromatic rings. The van der Waals surface area contributed by atoms with E-state index in [0.29, 0.717) is 12.3 Å². The van der Waals surface area contributed by atoms with Crippen molar-refractivity contribution in [2.24, 2.45) is 0 Å². The number of aryl methyl sites for hydroxylation is 1. The van der Waals surface area contributed by atoms with Gasteiger partial charge >= 0.3 is 0 Å². The number of methoxy groups -OCH3 is 1. The Kier molecular flexibility index (Phi) is 6.34. The summed E-state index contributed by atoms with van der Waals surface area (Å²) in [4.78, 5) is 13.0. The Morgan fingerprint density at radius 2 is 1.86 bits per heavy atom. The first kappa shape index (κ1) is 16.4. The number of benzene rings is 2. The van der Waals surface area contributed by atoms with E-state index in [4.69, 9.17) is 4.74 Å². The normalized spacial score (nSPS) is 10.3. The predicted molar refractivity (Wildman–Crippen MR) is 91.6 cm³/mol. The summed E-state index contributed by atoms with van der Waals surface area (Å²) in [7, 11) is 1.65. The van der Waals surface area contributed by atoms with Gasteiger partial charge in [-0.25, -0.2) is 0 Å². The molecule has 0 aliphatic carbocycles. The van der Waals surface area contributed by atoms with E-state index in [0.717, 1.165) is 17.1 Å². The van der Waals surface area contributed by atoms with Crippen LogP contribution in [0.5, 0.6) is 5.75 Å². The van der Waals surface area contributed by atoms with Crippen LogP contribution >= 0.6 is 11.8 Å². The maximum absolute atomic E-state index is 11.9. The lowest BCUT2D eigenvalue weighted by Crippen LogP contribution is -2.27. The average molecular weight is 315 g/mol. The Bertz CT molecular complexity index is 611. The van der Waals surface area contributed by atoms with Gasteiger partial charge in [0.15, 0.2) is 0 Å². The van der Waals surface area contributed by atoms with E-state index >= 15 is 0 Å². The lowest BCUT2D eigenvalue weighted by Gasteiger charge is -2.07. The molecule has 0 heterocycles. The van der Waals surface area contributed by atoms with Crippen molar-refractivity contribution in [1.82, 2.24) is 5.32 Å². The molecule has 0 bridgehead atoms. The highest BCUT2D eigenvalue weighted by Crippen LogP contribution is 2.21. The highest BCUT2D eigenvalue weighted by atomic mass is 32.2. The summed E-state index contributed by atoms with van der Waals surface area (Å²) in [5.74, 6) is 1.37. The molecule has 0 aliphatic rings. The van der Waals surface area contributed by atoms with E-state index in [1.165, 1.54) is 11.1 Å². The number of ether oxygens (including phenoxy) is 1. The van der Waals surface area contributed by atoms with E-state index in [1.807, 2.05) is 42.5 Å². The molecule has 1 amide bonds. The van der Waals surface area contributed by atoms with Crippen molar-refractivity contribution in [2.45, 2.75) is 18.2 Å². The highest BCUT2D eigenvalue weighted by Gasteiger charge is 2.04. The molecule has 2 aromatic carbocycles. The molecule has 0 saturated heterocycles. The van der Waals surface area contributed by atoms with Crippen LogP contribution in [0, 0.1) is 6.92 Å². The van der Waals surface area contributed by atoms with E-state index in [1.54, 1.807) is 18.9 Å². The molecule has 0 unspecified atom stereocenters. The summed E-state index contributed by atoms with van der Waals surface area (Å²) < 4.78 is 5.12. The molecular weight excluding hydrogens is 294 g/mol. The Balaban J connectivity index is 1.70. The topological polar surface area (TPSA) is 38.3 Å². The van der Waals surface area contributed by atoms with Crippen molar-refractivity contribution in [1.29, 1.82) is 0 Å². The summed E-state index contributed by atoms with van der Waals surface area (Å²) in [5.41, 5.74) is 2.39. The number of amides is 1. The number of hydrogen-bond acceptors (Lipinski definition) is 3. The van der Waals surface area contributed by atoms with Crippen LogP contribution in [0.4, 0.5) is 0 Å². The maximum atomic E-state index is 11.9.